The highest BCUT2D eigenvalue weighted by Crippen LogP contribution is 2.21. The SMILES string of the molecule is COC(=O)C(CCCN=[N+]=[N-])C1=CC=COC1. The third kappa shape index (κ3) is 4.20. The minimum Gasteiger partial charge on any atom is -0.497 e. The number of esters is 1. The van der Waals surface area contributed by atoms with Gasteiger partial charge in [0.25, 0.3) is 0 Å². The van der Waals surface area contributed by atoms with Crippen LogP contribution in [0.3, 0.4) is 0 Å². The third-order valence-corrected chi connectivity index (χ3v) is 2.48. The van der Waals surface area contributed by atoms with E-state index in [1.807, 2.05) is 6.08 Å². The van der Waals surface area contributed by atoms with Gasteiger partial charge in [-0.2, -0.15) is 0 Å². The fraction of sp³-hybridized carbons (Fsp3) is 0.545. The second kappa shape index (κ2) is 7.35. The first kappa shape index (κ1) is 13.1. The van der Waals surface area contributed by atoms with Crippen molar-refractivity contribution in [3.63, 3.8) is 0 Å². The maximum Gasteiger partial charge on any atom is 0.312 e. The Kier molecular flexibility index (Phi) is 5.68. The van der Waals surface area contributed by atoms with Crippen molar-refractivity contribution in [3.8, 4) is 0 Å². The van der Waals surface area contributed by atoms with Gasteiger partial charge in [-0.1, -0.05) is 11.2 Å². The summed E-state index contributed by atoms with van der Waals surface area (Å²) >= 11 is 0. The van der Waals surface area contributed by atoms with Crippen molar-refractivity contribution in [2.75, 3.05) is 20.3 Å². The number of methoxy groups -OCH3 is 1. The lowest BCUT2D eigenvalue weighted by Gasteiger charge is -2.19. The zero-order valence-electron chi connectivity index (χ0n) is 9.70. The van der Waals surface area contributed by atoms with E-state index < -0.39 is 0 Å². The topological polar surface area (TPSA) is 84.3 Å². The van der Waals surface area contributed by atoms with Crippen molar-refractivity contribution in [2.24, 2.45) is 11.0 Å². The molecule has 17 heavy (non-hydrogen) atoms. The second-order valence-electron chi connectivity index (χ2n) is 3.55. The van der Waals surface area contributed by atoms with Crippen LogP contribution in [0.4, 0.5) is 0 Å². The average Bonchev–Trinajstić information content (AvgIpc) is 2.39. The average molecular weight is 237 g/mol. The molecule has 0 aliphatic carbocycles. The molecule has 0 bridgehead atoms. The van der Waals surface area contributed by atoms with Crippen molar-refractivity contribution >= 4 is 5.97 Å². The molecule has 1 atom stereocenters. The van der Waals surface area contributed by atoms with Crippen LogP contribution in [0, 0.1) is 5.92 Å². The fourth-order valence-electron chi connectivity index (χ4n) is 1.64. The molecule has 0 saturated carbocycles. The summed E-state index contributed by atoms with van der Waals surface area (Å²) in [5.74, 6) is -0.602. The number of hydrogen-bond acceptors (Lipinski definition) is 4. The molecule has 1 unspecified atom stereocenters. The summed E-state index contributed by atoms with van der Waals surface area (Å²) in [7, 11) is 1.36. The smallest absolute Gasteiger partial charge is 0.312 e. The van der Waals surface area contributed by atoms with Gasteiger partial charge in [0.05, 0.1) is 19.3 Å². The van der Waals surface area contributed by atoms with Crippen molar-refractivity contribution in [1.29, 1.82) is 0 Å². The van der Waals surface area contributed by atoms with Crippen LogP contribution in [0.25, 0.3) is 10.4 Å². The Morgan fingerprint density at radius 1 is 1.76 bits per heavy atom. The third-order valence-electron chi connectivity index (χ3n) is 2.48. The van der Waals surface area contributed by atoms with E-state index in [0.717, 1.165) is 5.57 Å². The quantitative estimate of drug-likeness (QED) is 0.233. The molecule has 1 rings (SSSR count). The summed E-state index contributed by atoms with van der Waals surface area (Å²) in [6, 6.07) is 0. The number of rotatable bonds is 6. The van der Waals surface area contributed by atoms with Crippen LogP contribution in [-0.4, -0.2) is 26.2 Å². The lowest BCUT2D eigenvalue weighted by molar-refractivity contribution is -0.144. The normalized spacial score (nSPS) is 15.2. The summed E-state index contributed by atoms with van der Waals surface area (Å²) in [5.41, 5.74) is 9.05. The van der Waals surface area contributed by atoms with E-state index in [1.54, 1.807) is 12.3 Å². The minimum atomic E-state index is -0.321. The van der Waals surface area contributed by atoms with Gasteiger partial charge in [-0.25, -0.2) is 0 Å². The van der Waals surface area contributed by atoms with Crippen LogP contribution in [-0.2, 0) is 14.3 Å². The summed E-state index contributed by atoms with van der Waals surface area (Å²) < 4.78 is 9.91. The number of carbonyl (C=O) groups excluding carboxylic acids is 1. The molecule has 0 N–H and O–H groups in total. The van der Waals surface area contributed by atoms with Gasteiger partial charge in [-0.15, -0.1) is 0 Å². The maximum absolute atomic E-state index is 11.6. The van der Waals surface area contributed by atoms with Crippen LogP contribution in [0.15, 0.2) is 29.1 Å². The van der Waals surface area contributed by atoms with E-state index in [1.165, 1.54) is 7.11 Å². The Bertz CT molecular complexity index is 370. The molecule has 0 amide bonds. The van der Waals surface area contributed by atoms with Gasteiger partial charge in [0.2, 0.25) is 0 Å². The second-order valence-corrected chi connectivity index (χ2v) is 3.55. The lowest BCUT2D eigenvalue weighted by atomic mass is 9.93. The summed E-state index contributed by atoms with van der Waals surface area (Å²) in [5, 5.41) is 3.44. The number of nitrogens with zero attached hydrogens (tertiary/aromatic N) is 3. The van der Waals surface area contributed by atoms with Crippen molar-refractivity contribution in [1.82, 2.24) is 0 Å². The molecule has 1 heterocycles. The standard InChI is InChI=1S/C11H15N3O3/c1-16-11(15)10(5-2-6-13-14-12)9-4-3-7-17-8-9/h3-4,7,10H,2,5-6,8H2,1H3. The highest BCUT2D eigenvalue weighted by molar-refractivity contribution is 5.75. The maximum atomic E-state index is 11.6. The van der Waals surface area contributed by atoms with Crippen molar-refractivity contribution < 1.29 is 14.3 Å². The number of azide groups is 1. The highest BCUT2D eigenvalue weighted by Gasteiger charge is 2.23. The molecule has 6 heteroatoms. The molecule has 0 aromatic rings. The molecule has 0 aromatic carbocycles. The minimum absolute atomic E-state index is 0.281. The number of carbonyl (C=O) groups is 1. The Hall–Kier alpha value is -1.94. The molecular formula is C11H15N3O3. The molecule has 0 saturated heterocycles. The van der Waals surface area contributed by atoms with E-state index in [4.69, 9.17) is 15.0 Å². The monoisotopic (exact) mass is 237 g/mol. The van der Waals surface area contributed by atoms with E-state index in [-0.39, 0.29) is 11.9 Å². The molecule has 1 aliphatic heterocycles. The van der Waals surface area contributed by atoms with E-state index in [9.17, 15) is 4.79 Å². The zero-order chi connectivity index (χ0) is 12.5. The molecule has 0 fully saturated rings. The largest absolute Gasteiger partial charge is 0.497 e. The molecule has 0 aromatic heterocycles. The molecular weight excluding hydrogens is 222 g/mol. The van der Waals surface area contributed by atoms with Crippen LogP contribution < -0.4 is 0 Å². The Labute approximate surface area is 99.5 Å². The molecule has 6 nitrogen and oxygen atoms in total. The van der Waals surface area contributed by atoms with E-state index >= 15 is 0 Å². The van der Waals surface area contributed by atoms with E-state index in [2.05, 4.69) is 10.0 Å². The van der Waals surface area contributed by atoms with Gasteiger partial charge >= 0.3 is 5.97 Å². The Morgan fingerprint density at radius 2 is 2.59 bits per heavy atom. The van der Waals surface area contributed by atoms with Crippen LogP contribution in [0.5, 0.6) is 0 Å². The number of hydrogen-bond donors (Lipinski definition) is 0. The highest BCUT2D eigenvalue weighted by atomic mass is 16.5. The molecule has 0 spiro atoms. The van der Waals surface area contributed by atoms with Gasteiger partial charge in [0, 0.05) is 11.5 Å². The van der Waals surface area contributed by atoms with Gasteiger partial charge in [-0.05, 0) is 30.0 Å². The van der Waals surface area contributed by atoms with Gasteiger partial charge < -0.3 is 9.47 Å². The first-order chi connectivity index (χ1) is 8.29. The summed E-state index contributed by atoms with van der Waals surface area (Å²) in [6.07, 6.45) is 6.43. The Morgan fingerprint density at radius 3 is 3.18 bits per heavy atom. The number of ether oxygens (including phenoxy) is 2. The predicted molar refractivity (Wildman–Crippen MR) is 61.9 cm³/mol. The predicted octanol–water partition coefficient (Wildman–Crippen LogP) is 2.34. The Balaban J connectivity index is 2.60. The first-order valence-electron chi connectivity index (χ1n) is 5.35. The molecule has 0 radical (unpaired) electrons. The van der Waals surface area contributed by atoms with Crippen molar-refractivity contribution in [3.05, 3.63) is 34.4 Å². The van der Waals surface area contributed by atoms with Crippen LogP contribution in [0.1, 0.15) is 12.8 Å². The van der Waals surface area contributed by atoms with E-state index in [0.29, 0.717) is 26.0 Å². The summed E-state index contributed by atoms with van der Waals surface area (Å²) in [6.45, 7) is 0.783. The van der Waals surface area contributed by atoms with Crippen LogP contribution in [0.2, 0.25) is 0 Å². The summed E-state index contributed by atoms with van der Waals surface area (Å²) in [4.78, 5) is 14.3. The first-order valence-corrected chi connectivity index (χ1v) is 5.35. The van der Waals surface area contributed by atoms with Crippen molar-refractivity contribution in [2.45, 2.75) is 12.8 Å². The van der Waals surface area contributed by atoms with Gasteiger partial charge in [0.1, 0.15) is 6.61 Å². The number of allylic oxidation sites excluding steroid dienone is 2. The molecule has 92 valence electrons. The van der Waals surface area contributed by atoms with Crippen LogP contribution >= 0.6 is 0 Å². The van der Waals surface area contributed by atoms with Gasteiger partial charge in [-0.3, -0.25) is 4.79 Å². The lowest BCUT2D eigenvalue weighted by Crippen LogP contribution is -2.22. The molecule has 1 aliphatic rings. The zero-order valence-corrected chi connectivity index (χ0v) is 9.70. The fourth-order valence-corrected chi connectivity index (χ4v) is 1.64. The van der Waals surface area contributed by atoms with Gasteiger partial charge in [0.15, 0.2) is 0 Å².